The standard InChI is InChI=1S/C11H23NO/c1-3-9(2)8-12-10-6-4-5-7-11(10)13/h9-13H,3-8H2,1-2H3/t9-,10-,11-/m0/s1. The first-order valence-corrected chi connectivity index (χ1v) is 5.65. The van der Waals surface area contributed by atoms with Gasteiger partial charge in [0.15, 0.2) is 0 Å². The second-order valence-corrected chi connectivity index (χ2v) is 4.38. The van der Waals surface area contributed by atoms with Gasteiger partial charge in [-0.15, -0.1) is 0 Å². The second-order valence-electron chi connectivity index (χ2n) is 4.38. The molecule has 0 radical (unpaired) electrons. The van der Waals surface area contributed by atoms with Crippen molar-refractivity contribution in [2.24, 2.45) is 5.92 Å². The van der Waals surface area contributed by atoms with Crippen molar-refractivity contribution < 1.29 is 5.11 Å². The average Bonchev–Trinajstić information content (AvgIpc) is 2.16. The summed E-state index contributed by atoms with van der Waals surface area (Å²) in [4.78, 5) is 0. The molecule has 0 spiro atoms. The Bertz CT molecular complexity index is 138. The van der Waals surface area contributed by atoms with Crippen molar-refractivity contribution in [2.75, 3.05) is 6.54 Å². The highest BCUT2D eigenvalue weighted by Crippen LogP contribution is 2.18. The van der Waals surface area contributed by atoms with Gasteiger partial charge in [-0.3, -0.25) is 0 Å². The van der Waals surface area contributed by atoms with Gasteiger partial charge in [0.25, 0.3) is 0 Å². The van der Waals surface area contributed by atoms with E-state index in [0.29, 0.717) is 6.04 Å². The fourth-order valence-corrected chi connectivity index (χ4v) is 1.85. The van der Waals surface area contributed by atoms with Crippen molar-refractivity contribution in [3.63, 3.8) is 0 Å². The first kappa shape index (κ1) is 11.0. The highest BCUT2D eigenvalue weighted by atomic mass is 16.3. The lowest BCUT2D eigenvalue weighted by molar-refractivity contribution is 0.0891. The van der Waals surface area contributed by atoms with Crippen LogP contribution in [-0.2, 0) is 0 Å². The zero-order chi connectivity index (χ0) is 9.68. The van der Waals surface area contributed by atoms with Crippen LogP contribution in [-0.4, -0.2) is 23.8 Å². The summed E-state index contributed by atoms with van der Waals surface area (Å²) in [5.74, 6) is 0.731. The van der Waals surface area contributed by atoms with Crippen molar-refractivity contribution >= 4 is 0 Å². The fraction of sp³-hybridized carbons (Fsp3) is 1.00. The Morgan fingerprint density at radius 1 is 1.38 bits per heavy atom. The quantitative estimate of drug-likeness (QED) is 0.701. The van der Waals surface area contributed by atoms with Crippen LogP contribution in [0.5, 0.6) is 0 Å². The Labute approximate surface area is 81.7 Å². The van der Waals surface area contributed by atoms with Crippen molar-refractivity contribution in [3.8, 4) is 0 Å². The number of hydrogen-bond donors (Lipinski definition) is 2. The van der Waals surface area contributed by atoms with Gasteiger partial charge in [0.1, 0.15) is 0 Å². The third-order valence-corrected chi connectivity index (χ3v) is 3.15. The predicted molar refractivity (Wildman–Crippen MR) is 55.7 cm³/mol. The molecule has 13 heavy (non-hydrogen) atoms. The van der Waals surface area contributed by atoms with E-state index >= 15 is 0 Å². The average molecular weight is 185 g/mol. The van der Waals surface area contributed by atoms with Crippen LogP contribution in [0.1, 0.15) is 46.0 Å². The van der Waals surface area contributed by atoms with Crippen LogP contribution < -0.4 is 5.32 Å². The SMILES string of the molecule is CC[C@H](C)CN[C@H]1CCCC[C@@H]1O. The summed E-state index contributed by atoms with van der Waals surface area (Å²) in [7, 11) is 0. The maximum Gasteiger partial charge on any atom is 0.0693 e. The van der Waals surface area contributed by atoms with Crippen molar-refractivity contribution in [3.05, 3.63) is 0 Å². The first-order valence-electron chi connectivity index (χ1n) is 5.65. The van der Waals surface area contributed by atoms with Crippen LogP contribution in [0.15, 0.2) is 0 Å². The van der Waals surface area contributed by atoms with E-state index in [4.69, 9.17) is 0 Å². The van der Waals surface area contributed by atoms with E-state index in [2.05, 4.69) is 19.2 Å². The molecule has 2 nitrogen and oxygen atoms in total. The summed E-state index contributed by atoms with van der Waals surface area (Å²) in [5, 5.41) is 13.2. The lowest BCUT2D eigenvalue weighted by atomic mass is 9.92. The molecule has 1 aliphatic carbocycles. The van der Waals surface area contributed by atoms with E-state index < -0.39 is 0 Å². The van der Waals surface area contributed by atoms with Gasteiger partial charge in [-0.2, -0.15) is 0 Å². The molecule has 1 fully saturated rings. The molecule has 0 saturated heterocycles. The first-order chi connectivity index (χ1) is 6.24. The van der Waals surface area contributed by atoms with Crippen LogP contribution in [0, 0.1) is 5.92 Å². The topological polar surface area (TPSA) is 32.3 Å². The zero-order valence-corrected chi connectivity index (χ0v) is 8.92. The molecule has 0 bridgehead atoms. The minimum absolute atomic E-state index is 0.0993. The van der Waals surface area contributed by atoms with E-state index in [1.165, 1.54) is 19.3 Å². The van der Waals surface area contributed by atoms with E-state index in [1.54, 1.807) is 0 Å². The van der Waals surface area contributed by atoms with Gasteiger partial charge in [-0.1, -0.05) is 33.1 Å². The number of hydrogen-bond acceptors (Lipinski definition) is 2. The maximum absolute atomic E-state index is 9.69. The Balaban J connectivity index is 2.18. The molecule has 0 aliphatic heterocycles. The maximum atomic E-state index is 9.69. The number of aliphatic hydroxyl groups is 1. The third-order valence-electron chi connectivity index (χ3n) is 3.15. The third kappa shape index (κ3) is 3.65. The Kier molecular flexibility index (Phi) is 4.74. The van der Waals surface area contributed by atoms with Gasteiger partial charge >= 0.3 is 0 Å². The summed E-state index contributed by atoms with van der Waals surface area (Å²) in [6.07, 6.45) is 5.72. The van der Waals surface area contributed by atoms with Crippen LogP contribution in [0.4, 0.5) is 0 Å². The highest BCUT2D eigenvalue weighted by molar-refractivity contribution is 4.80. The lowest BCUT2D eigenvalue weighted by Gasteiger charge is -2.29. The molecule has 1 saturated carbocycles. The summed E-state index contributed by atoms with van der Waals surface area (Å²) >= 11 is 0. The number of aliphatic hydroxyl groups excluding tert-OH is 1. The molecule has 0 aromatic carbocycles. The van der Waals surface area contributed by atoms with E-state index in [0.717, 1.165) is 25.3 Å². The van der Waals surface area contributed by atoms with Crippen LogP contribution >= 0.6 is 0 Å². The molecule has 2 heteroatoms. The van der Waals surface area contributed by atoms with Crippen molar-refractivity contribution in [1.82, 2.24) is 5.32 Å². The van der Waals surface area contributed by atoms with E-state index in [1.807, 2.05) is 0 Å². The highest BCUT2D eigenvalue weighted by Gasteiger charge is 2.22. The lowest BCUT2D eigenvalue weighted by Crippen LogP contribution is -2.43. The molecule has 0 aromatic rings. The van der Waals surface area contributed by atoms with Gasteiger partial charge in [0.2, 0.25) is 0 Å². The minimum Gasteiger partial charge on any atom is -0.392 e. The summed E-state index contributed by atoms with van der Waals surface area (Å²) < 4.78 is 0. The molecule has 1 aliphatic rings. The molecular formula is C11H23NO. The molecule has 0 unspecified atom stereocenters. The fourth-order valence-electron chi connectivity index (χ4n) is 1.85. The van der Waals surface area contributed by atoms with Gasteiger partial charge in [-0.05, 0) is 25.3 Å². The van der Waals surface area contributed by atoms with Crippen molar-refractivity contribution in [2.45, 2.75) is 58.1 Å². The molecule has 0 aromatic heterocycles. The summed E-state index contributed by atoms with van der Waals surface area (Å²) in [6.45, 7) is 5.52. The number of rotatable bonds is 4. The summed E-state index contributed by atoms with van der Waals surface area (Å²) in [6, 6.07) is 0.364. The Morgan fingerprint density at radius 2 is 2.08 bits per heavy atom. The smallest absolute Gasteiger partial charge is 0.0693 e. The molecule has 3 atom stereocenters. The van der Waals surface area contributed by atoms with Crippen LogP contribution in [0.2, 0.25) is 0 Å². The predicted octanol–water partition coefficient (Wildman–Crippen LogP) is 1.93. The normalized spacial score (nSPS) is 31.6. The van der Waals surface area contributed by atoms with E-state index in [9.17, 15) is 5.11 Å². The minimum atomic E-state index is -0.0993. The second kappa shape index (κ2) is 5.61. The number of nitrogens with one attached hydrogen (secondary N) is 1. The largest absolute Gasteiger partial charge is 0.392 e. The van der Waals surface area contributed by atoms with Gasteiger partial charge in [0.05, 0.1) is 6.10 Å². The van der Waals surface area contributed by atoms with Gasteiger partial charge in [0, 0.05) is 6.04 Å². The molecule has 2 N–H and O–H groups in total. The monoisotopic (exact) mass is 185 g/mol. The Morgan fingerprint density at radius 3 is 2.69 bits per heavy atom. The van der Waals surface area contributed by atoms with Gasteiger partial charge < -0.3 is 10.4 Å². The van der Waals surface area contributed by atoms with Crippen LogP contribution in [0.25, 0.3) is 0 Å². The summed E-state index contributed by atoms with van der Waals surface area (Å²) in [5.41, 5.74) is 0. The molecule has 0 heterocycles. The Hall–Kier alpha value is -0.0800. The van der Waals surface area contributed by atoms with Crippen molar-refractivity contribution in [1.29, 1.82) is 0 Å². The molecule has 0 amide bonds. The van der Waals surface area contributed by atoms with E-state index in [-0.39, 0.29) is 6.10 Å². The zero-order valence-electron chi connectivity index (χ0n) is 8.92. The van der Waals surface area contributed by atoms with Gasteiger partial charge in [-0.25, -0.2) is 0 Å². The molecular weight excluding hydrogens is 162 g/mol. The molecule has 1 rings (SSSR count). The van der Waals surface area contributed by atoms with Crippen LogP contribution in [0.3, 0.4) is 0 Å². The molecule has 78 valence electrons.